The van der Waals surface area contributed by atoms with E-state index in [1.54, 1.807) is 0 Å². The molecule has 138 valence electrons. The maximum atomic E-state index is 14.2. The summed E-state index contributed by atoms with van der Waals surface area (Å²) in [5.41, 5.74) is -1.89. The van der Waals surface area contributed by atoms with E-state index in [9.17, 15) is 31.5 Å². The summed E-state index contributed by atoms with van der Waals surface area (Å²) in [6.07, 6.45) is -2.20. The van der Waals surface area contributed by atoms with Gasteiger partial charge in [-0.1, -0.05) is 0 Å². The standard InChI is InChI=1S/C15H14F5NO4/c1-3-25-15(23)8(5-21-6-10(17)18)13(22)7-4-9(16)12(20)14(24-2)11(7)19/h4-5,10,21H,3,6H2,1-2H3. The summed E-state index contributed by atoms with van der Waals surface area (Å²) in [6, 6.07) is 0.232. The highest BCUT2D eigenvalue weighted by atomic mass is 19.3. The number of rotatable bonds is 8. The SMILES string of the molecule is CCOC(=O)C(=CNCC(F)F)C(=O)c1cc(F)c(F)c(OC)c1F. The van der Waals surface area contributed by atoms with Gasteiger partial charge in [0.15, 0.2) is 17.4 Å². The molecule has 0 amide bonds. The third kappa shape index (κ3) is 4.91. The van der Waals surface area contributed by atoms with Crippen molar-refractivity contribution in [3.63, 3.8) is 0 Å². The van der Waals surface area contributed by atoms with E-state index in [2.05, 4.69) is 9.47 Å². The highest BCUT2D eigenvalue weighted by Crippen LogP contribution is 2.28. The molecule has 1 aromatic rings. The van der Waals surface area contributed by atoms with Crippen molar-refractivity contribution in [2.24, 2.45) is 0 Å². The van der Waals surface area contributed by atoms with Crippen LogP contribution in [0.2, 0.25) is 0 Å². The van der Waals surface area contributed by atoms with Crippen LogP contribution in [0, 0.1) is 17.5 Å². The Bertz CT molecular complexity index is 691. The molecule has 0 saturated heterocycles. The van der Waals surface area contributed by atoms with Crippen LogP contribution in [0.4, 0.5) is 22.0 Å². The normalized spacial score (nSPS) is 11.4. The van der Waals surface area contributed by atoms with Gasteiger partial charge in [0.25, 0.3) is 6.43 Å². The average Bonchev–Trinajstić information content (AvgIpc) is 2.55. The van der Waals surface area contributed by atoms with Crippen molar-refractivity contribution >= 4 is 11.8 Å². The Morgan fingerprint density at radius 1 is 1.24 bits per heavy atom. The molecule has 5 nitrogen and oxygen atoms in total. The fraction of sp³-hybridized carbons (Fsp3) is 0.333. The molecule has 0 bridgehead atoms. The number of nitrogens with one attached hydrogen (secondary N) is 1. The number of ketones is 1. The molecule has 0 saturated carbocycles. The smallest absolute Gasteiger partial charge is 0.343 e. The number of benzene rings is 1. The zero-order valence-corrected chi connectivity index (χ0v) is 13.2. The highest BCUT2D eigenvalue weighted by molar-refractivity contribution is 6.24. The van der Waals surface area contributed by atoms with Gasteiger partial charge in [-0.25, -0.2) is 22.4 Å². The number of ether oxygens (including phenoxy) is 2. The number of Topliss-reactive ketones (excluding diaryl/α,β-unsaturated/α-hetero) is 1. The van der Waals surface area contributed by atoms with Crippen molar-refractivity contribution in [3.8, 4) is 5.75 Å². The van der Waals surface area contributed by atoms with Crippen LogP contribution < -0.4 is 10.1 Å². The van der Waals surface area contributed by atoms with E-state index in [1.807, 2.05) is 5.32 Å². The summed E-state index contributed by atoms with van der Waals surface area (Å²) >= 11 is 0. The fourth-order valence-electron chi connectivity index (χ4n) is 1.75. The molecule has 0 aromatic heterocycles. The second-order valence-electron chi connectivity index (χ2n) is 4.47. The third-order valence-electron chi connectivity index (χ3n) is 2.82. The molecular weight excluding hydrogens is 353 g/mol. The van der Waals surface area contributed by atoms with Crippen LogP contribution in [0.15, 0.2) is 17.8 Å². The topological polar surface area (TPSA) is 64.6 Å². The Balaban J connectivity index is 3.34. The van der Waals surface area contributed by atoms with Crippen LogP contribution in [0.1, 0.15) is 17.3 Å². The molecule has 1 rings (SSSR count). The first-order chi connectivity index (χ1) is 11.7. The van der Waals surface area contributed by atoms with Gasteiger partial charge in [-0.2, -0.15) is 4.39 Å². The molecular formula is C15H14F5NO4. The third-order valence-corrected chi connectivity index (χ3v) is 2.82. The van der Waals surface area contributed by atoms with E-state index in [0.29, 0.717) is 6.20 Å². The predicted molar refractivity (Wildman–Crippen MR) is 75.9 cm³/mol. The Labute approximate surface area is 139 Å². The molecule has 0 aliphatic carbocycles. The van der Waals surface area contributed by atoms with E-state index in [1.165, 1.54) is 6.92 Å². The van der Waals surface area contributed by atoms with Gasteiger partial charge in [-0.05, 0) is 13.0 Å². The number of hydrogen-bond acceptors (Lipinski definition) is 5. The maximum absolute atomic E-state index is 14.2. The lowest BCUT2D eigenvalue weighted by Crippen LogP contribution is -2.23. The molecule has 10 heteroatoms. The van der Waals surface area contributed by atoms with Crippen LogP contribution in [0.5, 0.6) is 5.75 Å². The van der Waals surface area contributed by atoms with Gasteiger partial charge in [0.2, 0.25) is 11.6 Å². The number of methoxy groups -OCH3 is 1. The first-order valence-corrected chi connectivity index (χ1v) is 6.89. The lowest BCUT2D eigenvalue weighted by Gasteiger charge is -2.11. The quantitative estimate of drug-likeness (QED) is 0.146. The zero-order valence-electron chi connectivity index (χ0n) is 13.2. The van der Waals surface area contributed by atoms with Gasteiger partial charge in [-0.15, -0.1) is 0 Å². The minimum Gasteiger partial charge on any atom is -0.491 e. The molecule has 0 aliphatic heterocycles. The monoisotopic (exact) mass is 367 g/mol. The van der Waals surface area contributed by atoms with E-state index >= 15 is 0 Å². The van der Waals surface area contributed by atoms with Gasteiger partial charge in [0, 0.05) is 6.20 Å². The molecule has 0 heterocycles. The number of esters is 1. The van der Waals surface area contributed by atoms with E-state index < -0.39 is 59.1 Å². The summed E-state index contributed by atoms with van der Waals surface area (Å²) < 4.78 is 74.3. The van der Waals surface area contributed by atoms with E-state index in [4.69, 9.17) is 0 Å². The first kappa shape index (κ1) is 20.4. The van der Waals surface area contributed by atoms with Gasteiger partial charge >= 0.3 is 5.97 Å². The van der Waals surface area contributed by atoms with Crippen LogP contribution in [0.25, 0.3) is 0 Å². The van der Waals surface area contributed by atoms with Crippen molar-refractivity contribution in [2.75, 3.05) is 20.3 Å². The molecule has 0 fully saturated rings. The Morgan fingerprint density at radius 3 is 2.40 bits per heavy atom. The van der Waals surface area contributed by atoms with Crippen LogP contribution in [-0.2, 0) is 9.53 Å². The van der Waals surface area contributed by atoms with E-state index in [-0.39, 0.29) is 12.7 Å². The summed E-state index contributed by atoms with van der Waals surface area (Å²) in [7, 11) is 0.849. The van der Waals surface area contributed by atoms with E-state index in [0.717, 1.165) is 7.11 Å². The minimum absolute atomic E-state index is 0.165. The molecule has 0 aliphatic rings. The summed E-state index contributed by atoms with van der Waals surface area (Å²) in [5, 5.41) is 1.99. The van der Waals surface area contributed by atoms with Crippen LogP contribution in [-0.4, -0.2) is 38.4 Å². The Kier molecular flexibility index (Phi) is 7.34. The lowest BCUT2D eigenvalue weighted by atomic mass is 10.0. The van der Waals surface area contributed by atoms with Gasteiger partial charge < -0.3 is 14.8 Å². The van der Waals surface area contributed by atoms with Gasteiger partial charge in [-0.3, -0.25) is 4.79 Å². The maximum Gasteiger partial charge on any atom is 0.343 e. The molecule has 1 N–H and O–H groups in total. The molecule has 0 unspecified atom stereocenters. The van der Waals surface area contributed by atoms with Gasteiger partial charge in [0.05, 0.1) is 25.8 Å². The molecule has 0 atom stereocenters. The van der Waals surface area contributed by atoms with Crippen molar-refractivity contribution < 1.29 is 41.0 Å². The zero-order chi connectivity index (χ0) is 19.1. The summed E-state index contributed by atoms with van der Waals surface area (Å²) in [4.78, 5) is 24.1. The van der Waals surface area contributed by atoms with Crippen molar-refractivity contribution in [1.29, 1.82) is 0 Å². The van der Waals surface area contributed by atoms with Crippen LogP contribution >= 0.6 is 0 Å². The number of hydrogen-bond donors (Lipinski definition) is 1. The Morgan fingerprint density at radius 2 is 1.88 bits per heavy atom. The second kappa shape index (κ2) is 9.00. The summed E-state index contributed by atoms with van der Waals surface area (Å²) in [5.74, 6) is -8.60. The minimum atomic E-state index is -2.80. The number of carbonyl (C=O) groups excluding carboxylic acids is 2. The number of carbonyl (C=O) groups is 2. The highest BCUT2D eigenvalue weighted by Gasteiger charge is 2.29. The first-order valence-electron chi connectivity index (χ1n) is 6.89. The largest absolute Gasteiger partial charge is 0.491 e. The van der Waals surface area contributed by atoms with Gasteiger partial charge in [0.1, 0.15) is 5.57 Å². The molecule has 25 heavy (non-hydrogen) atoms. The molecule has 0 spiro atoms. The number of alkyl halides is 2. The number of halogens is 5. The second-order valence-corrected chi connectivity index (χ2v) is 4.47. The summed E-state index contributed by atoms with van der Waals surface area (Å²) in [6.45, 7) is 0.343. The Hall–Kier alpha value is -2.65. The van der Waals surface area contributed by atoms with Crippen molar-refractivity contribution in [2.45, 2.75) is 13.3 Å². The molecule has 1 aromatic carbocycles. The molecule has 0 radical (unpaired) electrons. The van der Waals surface area contributed by atoms with Crippen molar-refractivity contribution in [3.05, 3.63) is 40.9 Å². The average molecular weight is 367 g/mol. The van der Waals surface area contributed by atoms with Crippen molar-refractivity contribution in [1.82, 2.24) is 5.32 Å². The predicted octanol–water partition coefficient (Wildman–Crippen LogP) is 2.60. The fourth-order valence-corrected chi connectivity index (χ4v) is 1.75. The van der Waals surface area contributed by atoms with Crippen LogP contribution in [0.3, 0.4) is 0 Å². The lowest BCUT2D eigenvalue weighted by molar-refractivity contribution is -0.138.